The summed E-state index contributed by atoms with van der Waals surface area (Å²) in [7, 11) is 0. The summed E-state index contributed by atoms with van der Waals surface area (Å²) >= 11 is 0. The number of aryl methyl sites for hydroxylation is 1. The molecule has 9 aromatic rings. The Balaban J connectivity index is 1.38. The number of furan rings is 1. The number of nitrogens with zero attached hydrogens (tertiary/aromatic N) is 3. The Hall–Kier alpha value is -6.20. The van der Waals surface area contributed by atoms with Crippen molar-refractivity contribution in [2.45, 2.75) is 6.92 Å². The van der Waals surface area contributed by atoms with E-state index < -0.39 is 0 Å². The molecule has 0 unspecified atom stereocenters. The van der Waals surface area contributed by atoms with Crippen LogP contribution in [-0.2, 0) is 0 Å². The van der Waals surface area contributed by atoms with Crippen molar-refractivity contribution in [1.82, 2.24) is 9.97 Å². The van der Waals surface area contributed by atoms with Crippen molar-refractivity contribution in [2.75, 3.05) is 5.06 Å². The van der Waals surface area contributed by atoms with E-state index in [1.54, 1.807) is 5.06 Å². The fourth-order valence-electron chi connectivity index (χ4n) is 7.16. The lowest BCUT2D eigenvalue weighted by atomic mass is 9.89. The zero-order chi connectivity index (χ0) is 30.4. The summed E-state index contributed by atoms with van der Waals surface area (Å²) in [5.41, 5.74) is 8.30. The highest BCUT2D eigenvalue weighted by Crippen LogP contribution is 2.55. The first-order chi connectivity index (χ1) is 22.7. The number of anilines is 2. The molecule has 5 nitrogen and oxygen atoms in total. The molecule has 0 saturated carbocycles. The van der Waals surface area contributed by atoms with E-state index in [1.165, 1.54) is 0 Å². The smallest absolute Gasteiger partial charge is 0.265 e. The normalized spacial score (nSPS) is 12.6. The molecule has 0 bridgehead atoms. The van der Waals surface area contributed by atoms with E-state index in [2.05, 4.69) is 110 Å². The molecule has 2 aromatic heterocycles. The van der Waals surface area contributed by atoms with E-state index in [9.17, 15) is 0 Å². The molecular formula is C41H25N3O2. The first-order valence-corrected chi connectivity index (χ1v) is 15.4. The summed E-state index contributed by atoms with van der Waals surface area (Å²) in [5.74, 6) is 1.18. The van der Waals surface area contributed by atoms with Crippen molar-refractivity contribution in [3.63, 3.8) is 0 Å². The van der Waals surface area contributed by atoms with Crippen molar-refractivity contribution in [3.8, 4) is 28.1 Å². The van der Waals surface area contributed by atoms with Gasteiger partial charge in [-0.15, -0.1) is 5.06 Å². The molecule has 46 heavy (non-hydrogen) atoms. The quantitative estimate of drug-likeness (QED) is 0.200. The molecule has 0 N–H and O–H groups in total. The highest BCUT2D eigenvalue weighted by Gasteiger charge is 2.35. The van der Waals surface area contributed by atoms with Gasteiger partial charge in [0.15, 0.2) is 11.3 Å². The second kappa shape index (κ2) is 9.40. The first-order valence-electron chi connectivity index (χ1n) is 15.4. The Labute approximate surface area is 263 Å². The summed E-state index contributed by atoms with van der Waals surface area (Å²) in [6, 6.07) is 45.9. The highest BCUT2D eigenvalue weighted by molar-refractivity contribution is 6.29. The predicted molar refractivity (Wildman–Crippen MR) is 187 cm³/mol. The van der Waals surface area contributed by atoms with E-state index in [-0.39, 0.29) is 0 Å². The minimum atomic E-state index is 0.439. The van der Waals surface area contributed by atoms with Gasteiger partial charge in [0, 0.05) is 32.8 Å². The third-order valence-corrected chi connectivity index (χ3v) is 9.22. The van der Waals surface area contributed by atoms with Crippen LogP contribution in [0.5, 0.6) is 5.75 Å². The molecule has 0 amide bonds. The van der Waals surface area contributed by atoms with Crippen molar-refractivity contribution in [2.24, 2.45) is 0 Å². The number of rotatable bonds is 2. The second-order valence-corrected chi connectivity index (χ2v) is 11.8. The number of hydrogen-bond donors (Lipinski definition) is 0. The van der Waals surface area contributed by atoms with Gasteiger partial charge < -0.3 is 9.25 Å². The van der Waals surface area contributed by atoms with E-state index in [1.807, 2.05) is 30.3 Å². The van der Waals surface area contributed by atoms with Crippen LogP contribution in [0.3, 0.4) is 0 Å². The van der Waals surface area contributed by atoms with Crippen LogP contribution in [0.15, 0.2) is 138 Å². The van der Waals surface area contributed by atoms with Crippen molar-refractivity contribution in [3.05, 3.63) is 139 Å². The van der Waals surface area contributed by atoms with Crippen LogP contribution >= 0.6 is 0 Å². The van der Waals surface area contributed by atoms with Crippen molar-refractivity contribution >= 4 is 66.0 Å². The summed E-state index contributed by atoms with van der Waals surface area (Å²) in [6.45, 7) is 2.12. The lowest BCUT2D eigenvalue weighted by molar-refractivity contribution is 0.315. The molecule has 1 aliphatic heterocycles. The van der Waals surface area contributed by atoms with Crippen LogP contribution in [0.25, 0.3) is 76.8 Å². The SMILES string of the molecule is Cc1ccccc1-c1nc(N2Oc3ccc4ccccc4c3-c3c2c2oc4ccccc4c2c2ccccc32)nc2ccccc12. The first kappa shape index (κ1) is 25.2. The molecule has 0 spiro atoms. The van der Waals surface area contributed by atoms with E-state index in [4.69, 9.17) is 19.2 Å². The maximum atomic E-state index is 6.92. The molecule has 0 atom stereocenters. The molecule has 0 aliphatic carbocycles. The summed E-state index contributed by atoms with van der Waals surface area (Å²) in [6.07, 6.45) is 0. The fraction of sp³-hybridized carbons (Fsp3) is 0.0244. The van der Waals surface area contributed by atoms with Crippen LogP contribution in [0.1, 0.15) is 5.56 Å². The Morgan fingerprint density at radius 3 is 2.13 bits per heavy atom. The van der Waals surface area contributed by atoms with E-state index in [0.717, 1.165) is 93.8 Å². The standard InChI is InChI=1S/C41H25N3O2/c1-24-12-2-4-14-26(24)38-30-18-8-10-20-32(30)42-41(43-38)44-39-37(36-27-15-5-3-13-25(27)22-23-34(36)46-44)29-17-7-6-16-28(29)35-31-19-9-11-21-33(31)45-40(35)39/h2-23H,1H3. The lowest BCUT2D eigenvalue weighted by Crippen LogP contribution is -2.28. The molecular weight excluding hydrogens is 566 g/mol. The molecule has 0 fully saturated rings. The minimum absolute atomic E-state index is 0.439. The Kier molecular flexibility index (Phi) is 5.14. The van der Waals surface area contributed by atoms with E-state index >= 15 is 0 Å². The maximum Gasteiger partial charge on any atom is 0.265 e. The van der Waals surface area contributed by atoms with Crippen LogP contribution in [0, 0.1) is 6.92 Å². The van der Waals surface area contributed by atoms with Gasteiger partial charge in [0.25, 0.3) is 5.95 Å². The lowest BCUT2D eigenvalue weighted by Gasteiger charge is -2.32. The number of fused-ring (bicyclic) bond motifs is 13. The monoisotopic (exact) mass is 591 g/mol. The average molecular weight is 592 g/mol. The topological polar surface area (TPSA) is 51.4 Å². The zero-order valence-corrected chi connectivity index (χ0v) is 24.9. The molecule has 3 heterocycles. The molecule has 216 valence electrons. The number of para-hydroxylation sites is 2. The van der Waals surface area contributed by atoms with Gasteiger partial charge in [-0.1, -0.05) is 115 Å². The second-order valence-electron chi connectivity index (χ2n) is 11.8. The van der Waals surface area contributed by atoms with Crippen LogP contribution in [-0.4, -0.2) is 9.97 Å². The zero-order valence-electron chi connectivity index (χ0n) is 24.9. The predicted octanol–water partition coefficient (Wildman–Crippen LogP) is 10.9. The number of hydrogen-bond acceptors (Lipinski definition) is 5. The van der Waals surface area contributed by atoms with Gasteiger partial charge >= 0.3 is 0 Å². The summed E-state index contributed by atoms with van der Waals surface area (Å²) in [5, 5.41) is 9.37. The maximum absolute atomic E-state index is 6.92. The molecule has 0 radical (unpaired) electrons. The van der Waals surface area contributed by atoms with Crippen LogP contribution in [0.2, 0.25) is 0 Å². The summed E-state index contributed by atoms with van der Waals surface area (Å²) in [4.78, 5) is 17.3. The van der Waals surface area contributed by atoms with Crippen molar-refractivity contribution < 1.29 is 9.25 Å². The van der Waals surface area contributed by atoms with Crippen molar-refractivity contribution in [1.29, 1.82) is 0 Å². The van der Waals surface area contributed by atoms with Gasteiger partial charge in [-0.25, -0.2) is 9.97 Å². The molecule has 7 aromatic carbocycles. The Morgan fingerprint density at radius 2 is 1.26 bits per heavy atom. The van der Waals surface area contributed by atoms with Gasteiger partial charge in [0.05, 0.1) is 11.2 Å². The van der Waals surface area contributed by atoms with Gasteiger partial charge in [-0.2, -0.15) is 0 Å². The van der Waals surface area contributed by atoms with Gasteiger partial charge in [-0.05, 0) is 52.2 Å². The largest absolute Gasteiger partial charge is 0.454 e. The van der Waals surface area contributed by atoms with Gasteiger partial charge in [0.2, 0.25) is 0 Å². The van der Waals surface area contributed by atoms with Gasteiger partial charge in [-0.3, -0.25) is 0 Å². The van der Waals surface area contributed by atoms with Gasteiger partial charge in [0.1, 0.15) is 11.3 Å². The average Bonchev–Trinajstić information content (AvgIpc) is 3.51. The Morgan fingerprint density at radius 1 is 0.565 bits per heavy atom. The highest BCUT2D eigenvalue weighted by atomic mass is 16.7. The van der Waals surface area contributed by atoms with Crippen LogP contribution in [0.4, 0.5) is 11.6 Å². The third kappa shape index (κ3) is 3.45. The fourth-order valence-corrected chi connectivity index (χ4v) is 7.16. The number of benzene rings is 7. The summed E-state index contributed by atoms with van der Waals surface area (Å²) < 4.78 is 6.78. The van der Waals surface area contributed by atoms with E-state index in [0.29, 0.717) is 5.95 Å². The molecule has 10 rings (SSSR count). The Bertz CT molecular complexity index is 2710. The van der Waals surface area contributed by atoms with Crippen LogP contribution < -0.4 is 9.90 Å². The molecule has 1 aliphatic rings. The number of aromatic nitrogens is 2. The minimum Gasteiger partial charge on any atom is -0.454 e. The third-order valence-electron chi connectivity index (χ3n) is 9.22. The molecule has 5 heteroatoms. The molecule has 0 saturated heterocycles.